The van der Waals surface area contributed by atoms with E-state index in [-0.39, 0.29) is 19.2 Å². The van der Waals surface area contributed by atoms with Gasteiger partial charge in [-0.3, -0.25) is 4.79 Å². The largest absolute Gasteiger partial charge is 0.457 e. The van der Waals surface area contributed by atoms with Crippen LogP contribution in [0.5, 0.6) is 0 Å². The summed E-state index contributed by atoms with van der Waals surface area (Å²) in [5, 5.41) is 39.7. The fourth-order valence-electron chi connectivity index (χ4n) is 4.55. The molecule has 1 aliphatic rings. The average Bonchev–Trinajstić information content (AvgIpc) is 3.04. The Labute approximate surface area is 271 Å². The number of unbranched alkanes of at least 4 members (excludes halogenated alkanes) is 5. The molecule has 9 nitrogen and oxygen atoms in total. The first-order valence-corrected chi connectivity index (χ1v) is 16.9. The van der Waals surface area contributed by atoms with Crippen LogP contribution in [-0.2, 0) is 23.7 Å². The van der Waals surface area contributed by atoms with E-state index in [1.807, 2.05) is 6.08 Å². The minimum absolute atomic E-state index is 0.0877. The molecule has 4 N–H and O–H groups in total. The smallest absolute Gasteiger partial charge is 0.306 e. The predicted octanol–water partition coefficient (Wildman–Crippen LogP) is 5.62. The third kappa shape index (κ3) is 20.6. The average molecular weight is 637 g/mol. The highest BCUT2D eigenvalue weighted by Crippen LogP contribution is 2.22. The van der Waals surface area contributed by atoms with E-state index >= 15 is 0 Å². The van der Waals surface area contributed by atoms with E-state index in [4.69, 9.17) is 18.9 Å². The highest BCUT2D eigenvalue weighted by Gasteiger charge is 2.44. The van der Waals surface area contributed by atoms with Gasteiger partial charge in [0.05, 0.1) is 26.4 Å². The van der Waals surface area contributed by atoms with Gasteiger partial charge in [-0.25, -0.2) is 0 Å². The quantitative estimate of drug-likeness (QED) is 0.0542. The Balaban J connectivity index is 2.40. The Kier molecular flexibility index (Phi) is 25.6. The molecule has 1 heterocycles. The summed E-state index contributed by atoms with van der Waals surface area (Å²) in [6, 6.07) is 0. The first-order chi connectivity index (χ1) is 21.9. The van der Waals surface area contributed by atoms with Gasteiger partial charge >= 0.3 is 5.97 Å². The van der Waals surface area contributed by atoms with E-state index in [0.29, 0.717) is 19.4 Å². The Bertz CT molecular complexity index is 865. The first kappa shape index (κ1) is 40.9. The van der Waals surface area contributed by atoms with E-state index < -0.39 is 43.4 Å². The number of rotatable bonds is 26. The van der Waals surface area contributed by atoms with Crippen molar-refractivity contribution in [2.45, 2.75) is 134 Å². The predicted molar refractivity (Wildman–Crippen MR) is 177 cm³/mol. The van der Waals surface area contributed by atoms with Crippen LogP contribution in [0.4, 0.5) is 0 Å². The topological polar surface area (TPSA) is 135 Å². The number of esters is 1. The summed E-state index contributed by atoms with van der Waals surface area (Å²) in [4.78, 5) is 12.5. The molecule has 0 aromatic rings. The summed E-state index contributed by atoms with van der Waals surface area (Å²) >= 11 is 0. The third-order valence-electron chi connectivity index (χ3n) is 7.22. The van der Waals surface area contributed by atoms with Gasteiger partial charge in [0.25, 0.3) is 0 Å². The molecular weight excluding hydrogens is 576 g/mol. The first-order valence-electron chi connectivity index (χ1n) is 16.9. The van der Waals surface area contributed by atoms with Crippen molar-refractivity contribution in [1.29, 1.82) is 0 Å². The molecule has 0 bridgehead atoms. The van der Waals surface area contributed by atoms with Crippen LogP contribution in [0, 0.1) is 0 Å². The molecule has 1 aliphatic heterocycles. The van der Waals surface area contributed by atoms with Crippen LogP contribution >= 0.6 is 0 Å². The summed E-state index contributed by atoms with van der Waals surface area (Å²) in [7, 11) is 0. The zero-order valence-corrected chi connectivity index (χ0v) is 27.6. The molecule has 258 valence electrons. The number of allylic oxidation sites excluding steroid dienone is 9. The minimum atomic E-state index is -1.55. The Morgan fingerprint density at radius 2 is 1.31 bits per heavy atom. The standard InChI is InChI=1S/C36H60O9/c1-3-5-7-9-11-12-13-14-15-16-17-18-19-20-22-24-26-42-28-30(44-32(38)25-23-21-10-8-6-4-2)29-43-36-35(41)34(40)33(39)31(27-37)45-36/h5,7,11-12,14-15,17-18,20,22,30-31,33-37,39-41H,3-4,6,8-10,13,16,19,21,23-29H2,1-2H3/b7-5-,12-11-,15-14-,18-17-,22-20-. The summed E-state index contributed by atoms with van der Waals surface area (Å²) in [5.74, 6) is -0.352. The SMILES string of the molecule is CC/C=C\C/C=C\C/C=C\C/C=C\C/C=C\CCOCC(COC1OC(CO)C(O)C(O)C1O)OC(=O)CCCCCCCC. The molecule has 6 unspecified atom stereocenters. The maximum Gasteiger partial charge on any atom is 0.306 e. The molecule has 0 saturated carbocycles. The van der Waals surface area contributed by atoms with Gasteiger partial charge in [0.1, 0.15) is 30.5 Å². The van der Waals surface area contributed by atoms with Gasteiger partial charge in [-0.05, 0) is 44.9 Å². The van der Waals surface area contributed by atoms with Crippen LogP contribution in [-0.4, -0.2) is 89.6 Å². The Hall–Kier alpha value is -2.11. The number of ether oxygens (including phenoxy) is 4. The lowest BCUT2D eigenvalue weighted by molar-refractivity contribution is -0.305. The van der Waals surface area contributed by atoms with Crippen LogP contribution in [0.15, 0.2) is 60.8 Å². The molecule has 0 amide bonds. The van der Waals surface area contributed by atoms with Gasteiger partial charge in [0.15, 0.2) is 6.29 Å². The Morgan fingerprint density at radius 1 is 0.733 bits per heavy atom. The summed E-state index contributed by atoms with van der Waals surface area (Å²) in [6.07, 6.45) is 25.8. The van der Waals surface area contributed by atoms with Gasteiger partial charge in [0, 0.05) is 6.42 Å². The summed E-state index contributed by atoms with van der Waals surface area (Å²) < 4.78 is 22.4. The number of aliphatic hydroxyl groups is 4. The number of carbonyl (C=O) groups is 1. The van der Waals surface area contributed by atoms with E-state index in [9.17, 15) is 25.2 Å². The highest BCUT2D eigenvalue weighted by atomic mass is 16.7. The zero-order valence-electron chi connectivity index (χ0n) is 27.6. The van der Waals surface area contributed by atoms with Crippen molar-refractivity contribution in [2.75, 3.05) is 26.4 Å². The maximum atomic E-state index is 12.5. The number of hydrogen-bond donors (Lipinski definition) is 4. The second kappa shape index (κ2) is 28.1. The van der Waals surface area contributed by atoms with Crippen LogP contribution in [0.3, 0.4) is 0 Å². The molecule has 0 spiro atoms. The summed E-state index contributed by atoms with van der Waals surface area (Å²) in [5.41, 5.74) is 0. The van der Waals surface area contributed by atoms with E-state index in [1.165, 1.54) is 12.8 Å². The maximum absolute atomic E-state index is 12.5. The lowest BCUT2D eigenvalue weighted by Gasteiger charge is -2.39. The number of hydrogen-bond acceptors (Lipinski definition) is 9. The van der Waals surface area contributed by atoms with Gasteiger partial charge in [-0.1, -0.05) is 107 Å². The van der Waals surface area contributed by atoms with Crippen molar-refractivity contribution in [1.82, 2.24) is 0 Å². The molecule has 0 aliphatic carbocycles. The fraction of sp³-hybridized carbons (Fsp3) is 0.694. The monoisotopic (exact) mass is 636 g/mol. The Morgan fingerprint density at radius 3 is 1.91 bits per heavy atom. The van der Waals surface area contributed by atoms with Gasteiger partial charge in [-0.15, -0.1) is 0 Å². The lowest BCUT2D eigenvalue weighted by Crippen LogP contribution is -2.59. The van der Waals surface area contributed by atoms with Crippen LogP contribution in [0.1, 0.15) is 97.3 Å². The van der Waals surface area contributed by atoms with E-state index in [2.05, 4.69) is 68.5 Å². The molecule has 1 fully saturated rings. The second-order valence-electron chi connectivity index (χ2n) is 11.2. The van der Waals surface area contributed by atoms with E-state index in [1.54, 1.807) is 0 Å². The molecular formula is C36H60O9. The van der Waals surface area contributed by atoms with Gasteiger partial charge in [0.2, 0.25) is 0 Å². The van der Waals surface area contributed by atoms with Crippen molar-refractivity contribution in [3.05, 3.63) is 60.8 Å². The van der Waals surface area contributed by atoms with Crippen molar-refractivity contribution >= 4 is 5.97 Å². The summed E-state index contributed by atoms with van der Waals surface area (Å²) in [6.45, 7) is 4.11. The number of aliphatic hydroxyl groups excluding tert-OH is 4. The molecule has 0 aromatic heterocycles. The molecule has 0 aromatic carbocycles. The molecule has 45 heavy (non-hydrogen) atoms. The van der Waals surface area contributed by atoms with Crippen molar-refractivity contribution < 1.29 is 44.2 Å². The lowest BCUT2D eigenvalue weighted by atomic mass is 9.99. The van der Waals surface area contributed by atoms with Crippen molar-refractivity contribution in [2.24, 2.45) is 0 Å². The minimum Gasteiger partial charge on any atom is -0.457 e. The van der Waals surface area contributed by atoms with E-state index in [0.717, 1.165) is 57.8 Å². The van der Waals surface area contributed by atoms with Gasteiger partial charge in [-0.2, -0.15) is 0 Å². The van der Waals surface area contributed by atoms with Crippen molar-refractivity contribution in [3.63, 3.8) is 0 Å². The molecule has 9 heteroatoms. The molecule has 0 radical (unpaired) electrons. The molecule has 1 rings (SSSR count). The van der Waals surface area contributed by atoms with Crippen LogP contribution in [0.2, 0.25) is 0 Å². The van der Waals surface area contributed by atoms with Gasteiger partial charge < -0.3 is 39.4 Å². The number of carbonyl (C=O) groups excluding carboxylic acids is 1. The van der Waals surface area contributed by atoms with Crippen LogP contribution in [0.25, 0.3) is 0 Å². The zero-order chi connectivity index (χ0) is 33.0. The normalized spacial score (nSPS) is 23.4. The third-order valence-corrected chi connectivity index (χ3v) is 7.22. The van der Waals surface area contributed by atoms with Crippen LogP contribution < -0.4 is 0 Å². The molecule has 6 atom stereocenters. The second-order valence-corrected chi connectivity index (χ2v) is 11.2. The molecule has 1 saturated heterocycles. The highest BCUT2D eigenvalue weighted by molar-refractivity contribution is 5.69. The van der Waals surface area contributed by atoms with Crippen molar-refractivity contribution in [3.8, 4) is 0 Å². The fourth-order valence-corrected chi connectivity index (χ4v) is 4.55.